The van der Waals surface area contributed by atoms with Crippen LogP contribution in [0.3, 0.4) is 0 Å². The molecule has 108 valence electrons. The molecule has 0 aliphatic heterocycles. The van der Waals surface area contributed by atoms with Gasteiger partial charge in [-0.1, -0.05) is 12.1 Å². The molecule has 6 heteroatoms. The number of hydrogen-bond donors (Lipinski definition) is 1. The van der Waals surface area contributed by atoms with Crippen LogP contribution >= 0.6 is 0 Å². The third-order valence-corrected chi connectivity index (χ3v) is 2.36. The lowest BCUT2D eigenvalue weighted by atomic mass is 10.1. The van der Waals surface area contributed by atoms with Crippen LogP contribution in [-0.4, -0.2) is 24.4 Å². The Bertz CT molecular complexity index is 495. The third kappa shape index (κ3) is 5.51. The standard InChI is InChI=1S/C14H17NO5/c1-9(16)15-8-14(20-11(3)18)12-4-6-13(7-5-12)19-10(2)17/h4-7,14H,8H2,1-3H3,(H,15,16). The van der Waals surface area contributed by atoms with Gasteiger partial charge in [-0.15, -0.1) is 0 Å². The van der Waals surface area contributed by atoms with E-state index >= 15 is 0 Å². The average Bonchev–Trinajstić information content (AvgIpc) is 2.34. The van der Waals surface area contributed by atoms with E-state index in [1.165, 1.54) is 20.8 Å². The summed E-state index contributed by atoms with van der Waals surface area (Å²) in [6.45, 7) is 4.18. The molecule has 0 aromatic heterocycles. The van der Waals surface area contributed by atoms with E-state index < -0.39 is 18.0 Å². The summed E-state index contributed by atoms with van der Waals surface area (Å²) < 4.78 is 10.1. The van der Waals surface area contributed by atoms with Crippen molar-refractivity contribution in [3.63, 3.8) is 0 Å². The number of benzene rings is 1. The van der Waals surface area contributed by atoms with E-state index in [-0.39, 0.29) is 12.5 Å². The summed E-state index contributed by atoms with van der Waals surface area (Å²) in [5.41, 5.74) is 0.699. The number of nitrogens with one attached hydrogen (secondary N) is 1. The van der Waals surface area contributed by atoms with Gasteiger partial charge in [-0.25, -0.2) is 0 Å². The van der Waals surface area contributed by atoms with Gasteiger partial charge in [0.15, 0.2) is 0 Å². The van der Waals surface area contributed by atoms with Gasteiger partial charge in [0.05, 0.1) is 6.54 Å². The molecular formula is C14H17NO5. The van der Waals surface area contributed by atoms with E-state index in [1.807, 2.05) is 0 Å². The number of esters is 2. The van der Waals surface area contributed by atoms with Gasteiger partial charge in [0.25, 0.3) is 0 Å². The molecule has 1 amide bonds. The highest BCUT2D eigenvalue weighted by Gasteiger charge is 2.15. The number of carbonyl (C=O) groups is 3. The van der Waals surface area contributed by atoms with Gasteiger partial charge in [0.1, 0.15) is 11.9 Å². The highest BCUT2D eigenvalue weighted by molar-refractivity contribution is 5.73. The fourth-order valence-electron chi connectivity index (χ4n) is 1.58. The second-order valence-electron chi connectivity index (χ2n) is 4.20. The minimum atomic E-state index is -0.581. The van der Waals surface area contributed by atoms with Crippen LogP contribution in [-0.2, 0) is 19.1 Å². The van der Waals surface area contributed by atoms with Crippen LogP contribution in [0.15, 0.2) is 24.3 Å². The van der Waals surface area contributed by atoms with Crippen LogP contribution < -0.4 is 10.1 Å². The molecule has 1 aromatic rings. The van der Waals surface area contributed by atoms with Crippen molar-refractivity contribution in [2.24, 2.45) is 0 Å². The molecule has 1 unspecified atom stereocenters. The zero-order valence-electron chi connectivity index (χ0n) is 11.6. The fraction of sp³-hybridized carbons (Fsp3) is 0.357. The maximum atomic E-state index is 11.1. The van der Waals surface area contributed by atoms with Gasteiger partial charge >= 0.3 is 11.9 Å². The molecule has 20 heavy (non-hydrogen) atoms. The summed E-state index contributed by atoms with van der Waals surface area (Å²) in [5, 5.41) is 2.59. The van der Waals surface area contributed by atoms with Crippen molar-refractivity contribution < 1.29 is 23.9 Å². The van der Waals surface area contributed by atoms with E-state index in [0.717, 1.165) is 0 Å². The number of carbonyl (C=O) groups excluding carboxylic acids is 3. The predicted octanol–water partition coefficient (Wildman–Crippen LogP) is 1.35. The van der Waals surface area contributed by atoms with E-state index in [9.17, 15) is 14.4 Å². The largest absolute Gasteiger partial charge is 0.456 e. The maximum Gasteiger partial charge on any atom is 0.308 e. The first-order valence-corrected chi connectivity index (χ1v) is 6.08. The van der Waals surface area contributed by atoms with Crippen molar-refractivity contribution in [3.8, 4) is 5.75 Å². The quantitative estimate of drug-likeness (QED) is 0.650. The van der Waals surface area contributed by atoms with E-state index in [1.54, 1.807) is 24.3 Å². The molecule has 1 atom stereocenters. The molecule has 1 N–H and O–H groups in total. The van der Waals surface area contributed by atoms with Gasteiger partial charge in [0, 0.05) is 20.8 Å². The molecule has 6 nitrogen and oxygen atoms in total. The summed E-state index contributed by atoms with van der Waals surface area (Å²) in [7, 11) is 0. The SMILES string of the molecule is CC(=O)NCC(OC(C)=O)c1ccc(OC(C)=O)cc1. The van der Waals surface area contributed by atoms with Gasteiger partial charge in [-0.2, -0.15) is 0 Å². The van der Waals surface area contributed by atoms with Gasteiger partial charge < -0.3 is 14.8 Å². The molecule has 0 heterocycles. The molecule has 0 aliphatic carbocycles. The van der Waals surface area contributed by atoms with Crippen LogP contribution in [0.1, 0.15) is 32.4 Å². The highest BCUT2D eigenvalue weighted by Crippen LogP contribution is 2.20. The predicted molar refractivity (Wildman–Crippen MR) is 70.9 cm³/mol. The Kier molecular flexibility index (Phi) is 5.71. The summed E-state index contributed by atoms with van der Waals surface area (Å²) in [6, 6.07) is 6.55. The molecule has 0 fully saturated rings. The molecular weight excluding hydrogens is 262 g/mol. The third-order valence-electron chi connectivity index (χ3n) is 2.36. The van der Waals surface area contributed by atoms with Crippen molar-refractivity contribution in [3.05, 3.63) is 29.8 Å². The smallest absolute Gasteiger partial charge is 0.308 e. The molecule has 0 saturated heterocycles. The van der Waals surface area contributed by atoms with E-state index in [2.05, 4.69) is 5.32 Å². The number of hydrogen-bond acceptors (Lipinski definition) is 5. The number of rotatable bonds is 5. The Morgan fingerprint density at radius 1 is 1.05 bits per heavy atom. The molecule has 0 spiro atoms. The van der Waals surface area contributed by atoms with Crippen molar-refractivity contribution in [1.29, 1.82) is 0 Å². The lowest BCUT2D eigenvalue weighted by Crippen LogP contribution is -2.28. The van der Waals surface area contributed by atoms with E-state index in [0.29, 0.717) is 11.3 Å². The second kappa shape index (κ2) is 7.28. The second-order valence-corrected chi connectivity index (χ2v) is 4.20. The topological polar surface area (TPSA) is 81.7 Å². The van der Waals surface area contributed by atoms with Crippen LogP contribution in [0.2, 0.25) is 0 Å². The van der Waals surface area contributed by atoms with Crippen LogP contribution in [0, 0.1) is 0 Å². The highest BCUT2D eigenvalue weighted by atomic mass is 16.5. The molecule has 0 bridgehead atoms. The summed E-state index contributed by atoms with van der Waals surface area (Å²) in [4.78, 5) is 32.8. The maximum absolute atomic E-state index is 11.1. The fourth-order valence-corrected chi connectivity index (χ4v) is 1.58. The monoisotopic (exact) mass is 279 g/mol. The summed E-state index contributed by atoms with van der Waals surface area (Å²) >= 11 is 0. The molecule has 1 aromatic carbocycles. The Morgan fingerprint density at radius 3 is 2.10 bits per heavy atom. The molecule has 0 aliphatic rings. The zero-order valence-corrected chi connectivity index (χ0v) is 11.6. The zero-order chi connectivity index (χ0) is 15.1. The Hall–Kier alpha value is -2.37. The van der Waals surface area contributed by atoms with Crippen LogP contribution in [0.25, 0.3) is 0 Å². The first-order valence-electron chi connectivity index (χ1n) is 6.08. The van der Waals surface area contributed by atoms with Crippen molar-refractivity contribution in [2.75, 3.05) is 6.54 Å². The molecule has 0 saturated carbocycles. The normalized spacial score (nSPS) is 11.3. The Balaban J connectivity index is 2.81. The van der Waals surface area contributed by atoms with Crippen LogP contribution in [0.5, 0.6) is 5.75 Å². The van der Waals surface area contributed by atoms with Crippen molar-refractivity contribution in [2.45, 2.75) is 26.9 Å². The first kappa shape index (κ1) is 15.7. The summed E-state index contributed by atoms with van der Waals surface area (Å²) in [6.07, 6.45) is -0.581. The van der Waals surface area contributed by atoms with Gasteiger partial charge in [-0.05, 0) is 17.7 Å². The first-order chi connectivity index (χ1) is 9.38. The average molecular weight is 279 g/mol. The number of ether oxygens (including phenoxy) is 2. The van der Waals surface area contributed by atoms with Crippen molar-refractivity contribution >= 4 is 17.8 Å². The van der Waals surface area contributed by atoms with Gasteiger partial charge in [-0.3, -0.25) is 14.4 Å². The molecule has 1 rings (SSSR count). The minimum absolute atomic E-state index is 0.182. The summed E-state index contributed by atoms with van der Waals surface area (Å²) in [5.74, 6) is -0.655. The minimum Gasteiger partial charge on any atom is -0.456 e. The number of amides is 1. The molecule has 0 radical (unpaired) electrons. The van der Waals surface area contributed by atoms with E-state index in [4.69, 9.17) is 9.47 Å². The van der Waals surface area contributed by atoms with Crippen LogP contribution in [0.4, 0.5) is 0 Å². The lowest BCUT2D eigenvalue weighted by Gasteiger charge is -2.18. The lowest BCUT2D eigenvalue weighted by molar-refractivity contribution is -0.147. The Labute approximate surface area is 117 Å². The van der Waals surface area contributed by atoms with Gasteiger partial charge in [0.2, 0.25) is 5.91 Å². The van der Waals surface area contributed by atoms with Crippen molar-refractivity contribution in [1.82, 2.24) is 5.32 Å². The Morgan fingerprint density at radius 2 is 1.65 bits per heavy atom.